The summed E-state index contributed by atoms with van der Waals surface area (Å²) >= 11 is 0. The van der Waals surface area contributed by atoms with Gasteiger partial charge in [-0.15, -0.1) is 0 Å². The third-order valence-electron chi connectivity index (χ3n) is 6.82. The molecule has 3 aromatic heterocycles. The fraction of sp³-hybridized carbons (Fsp3) is 0.269. The number of aliphatic hydroxyl groups is 1. The zero-order chi connectivity index (χ0) is 25.0. The lowest BCUT2D eigenvalue weighted by molar-refractivity contribution is -0.144. The van der Waals surface area contributed by atoms with Gasteiger partial charge in [0, 0.05) is 49.0 Å². The Labute approximate surface area is 206 Å². The molecule has 4 aromatic rings. The average Bonchev–Trinajstić information content (AvgIpc) is 3.28. The minimum absolute atomic E-state index is 0.113. The number of pyridine rings is 1. The van der Waals surface area contributed by atoms with Crippen molar-refractivity contribution in [2.75, 3.05) is 13.6 Å². The smallest absolute Gasteiger partial charge is 0.267 e. The lowest BCUT2D eigenvalue weighted by atomic mass is 9.97. The number of carbonyl (C=O) groups is 2. The second-order valence-electron chi connectivity index (χ2n) is 9.38. The number of amides is 2. The molecule has 1 aromatic carbocycles. The minimum atomic E-state index is -1.71. The van der Waals surface area contributed by atoms with Crippen LogP contribution in [-0.2, 0) is 10.4 Å². The van der Waals surface area contributed by atoms with Crippen molar-refractivity contribution in [3.05, 3.63) is 66.2 Å². The topological polar surface area (TPSA) is 140 Å². The number of primary amides is 1. The predicted molar refractivity (Wildman–Crippen MR) is 129 cm³/mol. The summed E-state index contributed by atoms with van der Waals surface area (Å²) in [6, 6.07) is 14.9. The largest absolute Gasteiger partial charge is 0.373 e. The van der Waals surface area contributed by atoms with E-state index in [2.05, 4.69) is 15.2 Å². The van der Waals surface area contributed by atoms with Crippen LogP contribution < -0.4 is 5.73 Å². The van der Waals surface area contributed by atoms with Gasteiger partial charge in [0.1, 0.15) is 11.4 Å². The van der Waals surface area contributed by atoms with Crippen molar-refractivity contribution in [2.45, 2.75) is 30.9 Å². The van der Waals surface area contributed by atoms with Crippen molar-refractivity contribution in [1.29, 1.82) is 0 Å². The van der Waals surface area contributed by atoms with Crippen LogP contribution in [0, 0.1) is 0 Å². The molecule has 1 unspecified atom stereocenters. The highest BCUT2D eigenvalue weighted by Crippen LogP contribution is 2.39. The summed E-state index contributed by atoms with van der Waals surface area (Å²) in [6.07, 6.45) is 4.14. The lowest BCUT2D eigenvalue weighted by Crippen LogP contribution is -2.35. The molecule has 10 nitrogen and oxygen atoms in total. The van der Waals surface area contributed by atoms with E-state index in [1.165, 1.54) is 4.90 Å². The molecular weight excluding hydrogens is 460 g/mol. The summed E-state index contributed by atoms with van der Waals surface area (Å²) in [4.78, 5) is 30.5. The Bertz CT molecular complexity index is 1500. The van der Waals surface area contributed by atoms with Gasteiger partial charge >= 0.3 is 0 Å². The van der Waals surface area contributed by atoms with Crippen LogP contribution in [0.1, 0.15) is 41.6 Å². The molecule has 10 heteroatoms. The second-order valence-corrected chi connectivity index (χ2v) is 9.38. The van der Waals surface area contributed by atoms with Crippen LogP contribution in [0.15, 0.2) is 59.3 Å². The molecule has 3 N–H and O–H groups in total. The number of hydrogen-bond donors (Lipinski definition) is 2. The molecule has 1 saturated heterocycles. The summed E-state index contributed by atoms with van der Waals surface area (Å²) in [5.74, 6) is -0.918. The Balaban J connectivity index is 1.38. The first-order valence-corrected chi connectivity index (χ1v) is 11.8. The van der Waals surface area contributed by atoms with Gasteiger partial charge in [0.2, 0.25) is 5.60 Å². The highest BCUT2D eigenvalue weighted by atomic mass is 16.5. The number of nitrogens with zero attached hydrogens (tertiary/aromatic N) is 5. The van der Waals surface area contributed by atoms with E-state index in [4.69, 9.17) is 10.3 Å². The number of likely N-dealkylation sites (N-methyl/N-ethyl adjacent to an activating group) is 1. The van der Waals surface area contributed by atoms with Gasteiger partial charge in [0.25, 0.3) is 11.8 Å². The third-order valence-corrected chi connectivity index (χ3v) is 6.82. The molecule has 1 aliphatic heterocycles. The maximum absolute atomic E-state index is 12.4. The fourth-order valence-corrected chi connectivity index (χ4v) is 4.63. The number of aromatic nitrogens is 4. The maximum atomic E-state index is 12.4. The minimum Gasteiger partial charge on any atom is -0.373 e. The monoisotopic (exact) mass is 484 g/mol. The second kappa shape index (κ2) is 8.13. The molecule has 6 rings (SSSR count). The first-order valence-electron chi connectivity index (χ1n) is 11.8. The van der Waals surface area contributed by atoms with Crippen LogP contribution in [0.3, 0.4) is 0 Å². The van der Waals surface area contributed by atoms with Crippen LogP contribution in [-0.4, -0.2) is 55.3 Å². The number of carbonyl (C=O) groups excluding carboxylic acids is 2. The van der Waals surface area contributed by atoms with E-state index in [-0.39, 0.29) is 17.9 Å². The summed E-state index contributed by atoms with van der Waals surface area (Å²) in [5.41, 5.74) is 8.26. The van der Waals surface area contributed by atoms with E-state index in [9.17, 15) is 14.7 Å². The van der Waals surface area contributed by atoms with Crippen LogP contribution in [0.5, 0.6) is 0 Å². The van der Waals surface area contributed by atoms with E-state index >= 15 is 0 Å². The zero-order valence-electron chi connectivity index (χ0n) is 19.6. The first kappa shape index (κ1) is 22.2. The SMILES string of the molecule is CN1CCC(O)(c2cc(-c3cccc(-c4cc(-c5ccnn5C5CC5)cc(C(N)=O)n4)c3)no2)C1=O. The molecule has 1 aliphatic carbocycles. The van der Waals surface area contributed by atoms with Crippen molar-refractivity contribution in [1.82, 2.24) is 24.8 Å². The van der Waals surface area contributed by atoms with Gasteiger partial charge in [0.15, 0.2) is 5.76 Å². The first-order chi connectivity index (χ1) is 17.3. The molecule has 0 radical (unpaired) electrons. The molecule has 2 fully saturated rings. The Hall–Kier alpha value is -4.31. The van der Waals surface area contributed by atoms with Crippen LogP contribution in [0.25, 0.3) is 33.8 Å². The zero-order valence-corrected chi connectivity index (χ0v) is 19.6. The average molecular weight is 485 g/mol. The summed E-state index contributed by atoms with van der Waals surface area (Å²) in [6.45, 7) is 0.435. The molecule has 4 heterocycles. The van der Waals surface area contributed by atoms with Crippen molar-refractivity contribution < 1.29 is 19.2 Å². The van der Waals surface area contributed by atoms with E-state index in [1.807, 2.05) is 41.1 Å². The Morgan fingerprint density at radius 2 is 1.89 bits per heavy atom. The number of likely N-dealkylation sites (tertiary alicyclic amines) is 1. The molecule has 0 spiro atoms. The number of nitrogens with two attached hydrogens (primary N) is 1. The Morgan fingerprint density at radius 3 is 2.58 bits per heavy atom. The van der Waals surface area contributed by atoms with Gasteiger partial charge in [-0.3, -0.25) is 14.3 Å². The summed E-state index contributed by atoms with van der Waals surface area (Å²) in [7, 11) is 1.64. The number of rotatable bonds is 6. The van der Waals surface area contributed by atoms with E-state index in [0.717, 1.165) is 29.7 Å². The molecule has 2 amide bonds. The van der Waals surface area contributed by atoms with Gasteiger partial charge in [-0.25, -0.2) is 4.98 Å². The normalized spacial score (nSPS) is 19.7. The third kappa shape index (κ3) is 3.66. The molecule has 1 saturated carbocycles. The fourth-order valence-electron chi connectivity index (χ4n) is 4.63. The lowest BCUT2D eigenvalue weighted by Gasteiger charge is -2.16. The number of hydrogen-bond acceptors (Lipinski definition) is 7. The Kier molecular flexibility index (Phi) is 5.01. The van der Waals surface area contributed by atoms with Crippen molar-refractivity contribution in [3.8, 4) is 33.8 Å². The molecular formula is C26H24N6O4. The standard InChI is InChI=1S/C26H24N6O4/c1-31-10-8-26(35,25(31)34)23-14-20(30-36-23)16-4-2-3-15(11-16)19-12-17(13-21(29-19)24(27)33)22-7-9-28-32(22)18-5-6-18/h2-4,7,9,11-14,18,35H,5-6,8,10H2,1H3,(H2,27,33). The van der Waals surface area contributed by atoms with E-state index in [1.54, 1.807) is 25.4 Å². The van der Waals surface area contributed by atoms with Gasteiger partial charge < -0.3 is 20.3 Å². The van der Waals surface area contributed by atoms with E-state index in [0.29, 0.717) is 29.5 Å². The quantitative estimate of drug-likeness (QED) is 0.429. The molecule has 1 atom stereocenters. The van der Waals surface area contributed by atoms with Gasteiger partial charge in [-0.2, -0.15) is 5.10 Å². The Morgan fingerprint density at radius 1 is 1.11 bits per heavy atom. The highest BCUT2D eigenvalue weighted by Gasteiger charge is 2.48. The maximum Gasteiger partial charge on any atom is 0.267 e. The van der Waals surface area contributed by atoms with Gasteiger partial charge in [-0.1, -0.05) is 23.4 Å². The predicted octanol–water partition coefficient (Wildman–Crippen LogP) is 2.75. The van der Waals surface area contributed by atoms with Gasteiger partial charge in [-0.05, 0) is 37.1 Å². The van der Waals surface area contributed by atoms with Crippen LogP contribution in [0.4, 0.5) is 0 Å². The van der Waals surface area contributed by atoms with Crippen molar-refractivity contribution in [2.24, 2.45) is 5.73 Å². The molecule has 2 aliphatic rings. The number of benzene rings is 1. The molecule has 36 heavy (non-hydrogen) atoms. The van der Waals surface area contributed by atoms with Crippen LogP contribution >= 0.6 is 0 Å². The highest BCUT2D eigenvalue weighted by molar-refractivity contribution is 5.93. The summed E-state index contributed by atoms with van der Waals surface area (Å²) < 4.78 is 7.37. The van der Waals surface area contributed by atoms with Crippen molar-refractivity contribution in [3.63, 3.8) is 0 Å². The molecule has 0 bridgehead atoms. The van der Waals surface area contributed by atoms with Gasteiger partial charge in [0.05, 0.1) is 17.4 Å². The van der Waals surface area contributed by atoms with Crippen LogP contribution in [0.2, 0.25) is 0 Å². The molecule has 182 valence electrons. The van der Waals surface area contributed by atoms with Crippen molar-refractivity contribution >= 4 is 11.8 Å². The van der Waals surface area contributed by atoms with E-state index < -0.39 is 17.4 Å². The summed E-state index contributed by atoms with van der Waals surface area (Å²) in [5, 5.41) is 19.4.